The lowest BCUT2D eigenvalue weighted by atomic mass is 9.96. The van der Waals surface area contributed by atoms with Crippen LogP contribution in [0.4, 0.5) is 13.2 Å². The van der Waals surface area contributed by atoms with Crippen molar-refractivity contribution in [3.63, 3.8) is 0 Å². The smallest absolute Gasteiger partial charge is 0.338 e. The Labute approximate surface area is 242 Å². The van der Waals surface area contributed by atoms with Crippen LogP contribution in [-0.4, -0.2) is 24.3 Å². The summed E-state index contributed by atoms with van der Waals surface area (Å²) in [5.74, 6) is -2.26. The fourth-order valence-corrected chi connectivity index (χ4v) is 5.70. The molecule has 1 aromatic heterocycles. The normalized spacial score (nSPS) is 14.8. The van der Waals surface area contributed by atoms with E-state index in [-0.39, 0.29) is 24.5 Å². The number of rotatable bonds is 8. The maximum Gasteiger partial charge on any atom is 0.338 e. The number of carbonyl (C=O) groups is 1. The number of nitrogens with zero attached hydrogens (tertiary/aromatic N) is 2. The third-order valence-corrected chi connectivity index (χ3v) is 7.57. The lowest BCUT2D eigenvalue weighted by molar-refractivity contribution is -0.139. The van der Waals surface area contributed by atoms with E-state index in [9.17, 15) is 22.8 Å². The quantitative estimate of drug-likeness (QED) is 0.274. The molecule has 0 aliphatic carbocycles. The highest BCUT2D eigenvalue weighted by Crippen LogP contribution is 2.31. The minimum absolute atomic E-state index is 0.0820. The van der Waals surface area contributed by atoms with Gasteiger partial charge in [-0.05, 0) is 67.4 Å². The van der Waals surface area contributed by atoms with Crippen LogP contribution in [-0.2, 0) is 16.1 Å². The molecule has 1 atom stereocenters. The molecule has 216 valence electrons. The summed E-state index contributed by atoms with van der Waals surface area (Å²) in [5, 5.41) is 0. The van der Waals surface area contributed by atoms with Crippen molar-refractivity contribution < 1.29 is 32.2 Å². The largest absolute Gasteiger partial charge is 0.496 e. The number of carbonyl (C=O) groups excluding carboxylic acids is 1. The Kier molecular flexibility index (Phi) is 8.30. The molecule has 7 nitrogen and oxygen atoms in total. The zero-order valence-electron chi connectivity index (χ0n) is 22.8. The van der Waals surface area contributed by atoms with Crippen LogP contribution in [0.2, 0.25) is 0 Å². The molecule has 5 rings (SSSR count). The molecule has 11 heteroatoms. The summed E-state index contributed by atoms with van der Waals surface area (Å²) in [6, 6.07) is 12.9. The Morgan fingerprint density at radius 3 is 2.43 bits per heavy atom. The number of benzene rings is 3. The molecular weight excluding hydrogens is 569 g/mol. The van der Waals surface area contributed by atoms with E-state index in [1.165, 1.54) is 42.0 Å². The number of hydrogen-bond donors (Lipinski definition) is 0. The van der Waals surface area contributed by atoms with Crippen LogP contribution in [0.15, 0.2) is 81.7 Å². The van der Waals surface area contributed by atoms with Gasteiger partial charge in [-0.1, -0.05) is 29.5 Å². The van der Waals surface area contributed by atoms with Crippen LogP contribution in [0, 0.1) is 17.5 Å². The number of halogens is 3. The van der Waals surface area contributed by atoms with E-state index >= 15 is 0 Å². The molecule has 1 aliphatic rings. The number of fused-ring (bicyclic) bond motifs is 1. The third-order valence-electron chi connectivity index (χ3n) is 6.58. The summed E-state index contributed by atoms with van der Waals surface area (Å²) in [4.78, 5) is 31.7. The highest BCUT2D eigenvalue weighted by molar-refractivity contribution is 7.07. The topological polar surface area (TPSA) is 79.1 Å². The van der Waals surface area contributed by atoms with E-state index in [2.05, 4.69) is 4.99 Å². The highest BCUT2D eigenvalue weighted by atomic mass is 32.1. The van der Waals surface area contributed by atoms with Gasteiger partial charge < -0.3 is 14.2 Å². The molecule has 0 bridgehead atoms. The standard InChI is InChI=1S/C31H25F3N2O5S/c1-4-40-30(38)27-17(2)35-31-36(28(27)19-6-8-21(32)9-7-19)29(37)26(42-31)14-18-5-11-24(39-3)20(13-18)16-41-25-12-10-22(33)15-23(25)34/h5-15,28H,4,16H2,1-3H3/b26-14-/t28-/m0/s1. The Balaban J connectivity index is 1.57. The summed E-state index contributed by atoms with van der Waals surface area (Å²) >= 11 is 1.14. The molecule has 4 aromatic rings. The van der Waals surface area contributed by atoms with E-state index in [4.69, 9.17) is 14.2 Å². The van der Waals surface area contributed by atoms with Crippen LogP contribution in [0.3, 0.4) is 0 Å². The molecule has 0 spiro atoms. The van der Waals surface area contributed by atoms with Crippen molar-refractivity contribution in [3.05, 3.63) is 126 Å². The maximum absolute atomic E-state index is 14.1. The number of methoxy groups -OCH3 is 1. The number of hydrogen-bond acceptors (Lipinski definition) is 7. The zero-order valence-corrected chi connectivity index (χ0v) is 23.6. The van der Waals surface area contributed by atoms with Gasteiger partial charge in [0.15, 0.2) is 16.4 Å². The molecular formula is C31H25F3N2O5S. The SMILES string of the molecule is CCOC(=O)C1=C(C)N=c2s/c(=C\c3ccc(OC)c(COc4ccc(F)cc4F)c3)c(=O)n2[C@H]1c1ccc(F)cc1. The minimum Gasteiger partial charge on any atom is -0.496 e. The molecule has 0 N–H and O–H groups in total. The van der Waals surface area contributed by atoms with Gasteiger partial charge in [-0.15, -0.1) is 0 Å². The molecule has 0 fully saturated rings. The molecule has 0 saturated carbocycles. The molecule has 1 aliphatic heterocycles. The Morgan fingerprint density at radius 1 is 1.02 bits per heavy atom. The summed E-state index contributed by atoms with van der Waals surface area (Å²) < 4.78 is 59.1. The summed E-state index contributed by atoms with van der Waals surface area (Å²) in [6.07, 6.45) is 1.66. The summed E-state index contributed by atoms with van der Waals surface area (Å²) in [6.45, 7) is 3.40. The van der Waals surface area contributed by atoms with Gasteiger partial charge in [0, 0.05) is 11.6 Å². The first kappa shape index (κ1) is 28.9. The van der Waals surface area contributed by atoms with Crippen LogP contribution < -0.4 is 24.4 Å². The van der Waals surface area contributed by atoms with Gasteiger partial charge in [-0.3, -0.25) is 9.36 Å². The van der Waals surface area contributed by atoms with Gasteiger partial charge in [-0.25, -0.2) is 23.0 Å². The summed E-state index contributed by atoms with van der Waals surface area (Å²) in [5.41, 5.74) is 1.90. The van der Waals surface area contributed by atoms with E-state index in [0.717, 1.165) is 23.5 Å². The lowest BCUT2D eigenvalue weighted by Crippen LogP contribution is -2.39. The van der Waals surface area contributed by atoms with E-state index < -0.39 is 35.0 Å². The second-order valence-corrected chi connectivity index (χ2v) is 10.3. The van der Waals surface area contributed by atoms with Gasteiger partial charge in [0.25, 0.3) is 5.56 Å². The highest BCUT2D eigenvalue weighted by Gasteiger charge is 2.33. The summed E-state index contributed by atoms with van der Waals surface area (Å²) in [7, 11) is 1.48. The monoisotopic (exact) mass is 594 g/mol. The third kappa shape index (κ3) is 5.73. The number of allylic oxidation sites excluding steroid dienone is 1. The number of ether oxygens (including phenoxy) is 3. The van der Waals surface area contributed by atoms with Crippen molar-refractivity contribution >= 4 is 23.4 Å². The number of thiazole rings is 1. The second-order valence-electron chi connectivity index (χ2n) is 9.29. The van der Waals surface area contributed by atoms with Gasteiger partial charge in [0.2, 0.25) is 0 Å². The second kappa shape index (κ2) is 12.1. The van der Waals surface area contributed by atoms with Gasteiger partial charge in [-0.2, -0.15) is 0 Å². The van der Waals surface area contributed by atoms with Crippen LogP contribution >= 0.6 is 11.3 Å². The average molecular weight is 595 g/mol. The molecule has 0 radical (unpaired) electrons. The molecule has 0 unspecified atom stereocenters. The molecule has 0 amide bonds. The van der Waals surface area contributed by atoms with Gasteiger partial charge in [0.05, 0.1) is 35.6 Å². The van der Waals surface area contributed by atoms with Crippen molar-refractivity contribution in [3.8, 4) is 11.5 Å². The van der Waals surface area contributed by atoms with E-state index in [1.54, 1.807) is 38.1 Å². The van der Waals surface area contributed by atoms with Crippen molar-refractivity contribution in [1.82, 2.24) is 4.57 Å². The van der Waals surface area contributed by atoms with Crippen LogP contribution in [0.25, 0.3) is 6.08 Å². The molecule has 3 aromatic carbocycles. The van der Waals surface area contributed by atoms with E-state index in [1.807, 2.05) is 0 Å². The molecule has 42 heavy (non-hydrogen) atoms. The first-order valence-corrected chi connectivity index (χ1v) is 13.7. The molecule has 0 saturated heterocycles. The van der Waals surface area contributed by atoms with Crippen molar-refractivity contribution in [2.75, 3.05) is 13.7 Å². The zero-order chi connectivity index (χ0) is 30.0. The number of aromatic nitrogens is 1. The minimum atomic E-state index is -0.867. The predicted octanol–water partition coefficient (Wildman–Crippen LogP) is 4.80. The molecule has 2 heterocycles. The average Bonchev–Trinajstić information content (AvgIpc) is 3.26. The predicted molar refractivity (Wildman–Crippen MR) is 150 cm³/mol. The van der Waals surface area contributed by atoms with Gasteiger partial charge >= 0.3 is 5.97 Å². The van der Waals surface area contributed by atoms with Crippen molar-refractivity contribution in [2.45, 2.75) is 26.5 Å². The van der Waals surface area contributed by atoms with Gasteiger partial charge in [0.1, 0.15) is 24.0 Å². The van der Waals surface area contributed by atoms with Crippen molar-refractivity contribution in [1.29, 1.82) is 0 Å². The van der Waals surface area contributed by atoms with Crippen LogP contribution in [0.1, 0.15) is 36.6 Å². The van der Waals surface area contributed by atoms with E-state index in [0.29, 0.717) is 37.5 Å². The first-order valence-electron chi connectivity index (χ1n) is 12.9. The Morgan fingerprint density at radius 2 is 1.74 bits per heavy atom. The maximum atomic E-state index is 14.1. The fraction of sp³-hybridized carbons (Fsp3) is 0.194. The van der Waals surface area contributed by atoms with Crippen molar-refractivity contribution in [2.24, 2.45) is 4.99 Å². The lowest BCUT2D eigenvalue weighted by Gasteiger charge is -2.24. The first-order chi connectivity index (χ1) is 20.2. The van der Waals surface area contributed by atoms with Crippen LogP contribution in [0.5, 0.6) is 11.5 Å². The number of esters is 1. The fourth-order valence-electron chi connectivity index (χ4n) is 4.65. The Hall–Kier alpha value is -4.64. The Bertz CT molecular complexity index is 1880.